The summed E-state index contributed by atoms with van der Waals surface area (Å²) in [5, 5.41) is 5.23. The topological polar surface area (TPSA) is 58.2 Å². The lowest BCUT2D eigenvalue weighted by Crippen LogP contribution is -2.43. The standard InChI is InChI=1S/C12H16N2O2/c1-9(10(2)15)14-12(16)13-8-11-6-4-3-5-7-11/h3-7,9H,8H2,1-2H3,(H2,13,14,16). The number of hydrogen-bond acceptors (Lipinski definition) is 2. The van der Waals surface area contributed by atoms with Crippen LogP contribution in [0, 0.1) is 0 Å². The lowest BCUT2D eigenvalue weighted by atomic mass is 10.2. The van der Waals surface area contributed by atoms with Crippen LogP contribution in [-0.4, -0.2) is 17.9 Å². The number of hydrogen-bond donors (Lipinski definition) is 2. The molecule has 0 saturated heterocycles. The Bertz CT molecular complexity index is 363. The van der Waals surface area contributed by atoms with Crippen LogP contribution in [0.15, 0.2) is 30.3 Å². The van der Waals surface area contributed by atoms with Gasteiger partial charge in [-0.15, -0.1) is 0 Å². The van der Waals surface area contributed by atoms with Crippen LogP contribution in [0.4, 0.5) is 4.79 Å². The Morgan fingerprint density at radius 3 is 2.44 bits per heavy atom. The molecule has 1 aromatic rings. The van der Waals surface area contributed by atoms with Crippen molar-refractivity contribution in [2.45, 2.75) is 26.4 Å². The number of carbonyl (C=O) groups excluding carboxylic acids is 2. The highest BCUT2D eigenvalue weighted by Gasteiger charge is 2.10. The first-order valence-corrected chi connectivity index (χ1v) is 5.18. The zero-order valence-electron chi connectivity index (χ0n) is 9.49. The summed E-state index contributed by atoms with van der Waals surface area (Å²) in [6.07, 6.45) is 0. The van der Waals surface area contributed by atoms with Crippen LogP contribution in [0.25, 0.3) is 0 Å². The Labute approximate surface area is 95.0 Å². The van der Waals surface area contributed by atoms with Gasteiger partial charge in [-0.3, -0.25) is 4.79 Å². The van der Waals surface area contributed by atoms with Crippen molar-refractivity contribution in [2.24, 2.45) is 0 Å². The molecule has 0 bridgehead atoms. The van der Waals surface area contributed by atoms with Gasteiger partial charge in [-0.1, -0.05) is 30.3 Å². The van der Waals surface area contributed by atoms with E-state index in [1.807, 2.05) is 30.3 Å². The van der Waals surface area contributed by atoms with Crippen LogP contribution in [0.2, 0.25) is 0 Å². The Morgan fingerprint density at radius 1 is 1.25 bits per heavy atom. The molecule has 2 amide bonds. The van der Waals surface area contributed by atoms with Gasteiger partial charge in [-0.2, -0.15) is 0 Å². The monoisotopic (exact) mass is 220 g/mol. The minimum absolute atomic E-state index is 0.0603. The van der Waals surface area contributed by atoms with Gasteiger partial charge in [0.15, 0.2) is 5.78 Å². The molecule has 0 fully saturated rings. The third kappa shape index (κ3) is 4.13. The van der Waals surface area contributed by atoms with E-state index in [4.69, 9.17) is 0 Å². The molecule has 16 heavy (non-hydrogen) atoms. The number of urea groups is 1. The van der Waals surface area contributed by atoms with Crippen molar-refractivity contribution in [3.05, 3.63) is 35.9 Å². The van der Waals surface area contributed by atoms with E-state index in [-0.39, 0.29) is 11.8 Å². The first-order chi connectivity index (χ1) is 7.59. The number of ketones is 1. The fourth-order valence-electron chi connectivity index (χ4n) is 1.13. The minimum Gasteiger partial charge on any atom is -0.334 e. The van der Waals surface area contributed by atoms with Crippen LogP contribution in [0.3, 0.4) is 0 Å². The van der Waals surface area contributed by atoms with Gasteiger partial charge in [0.2, 0.25) is 0 Å². The van der Waals surface area contributed by atoms with E-state index in [9.17, 15) is 9.59 Å². The Hall–Kier alpha value is -1.84. The average Bonchev–Trinajstić information content (AvgIpc) is 2.27. The molecule has 1 aromatic carbocycles. The second-order valence-electron chi connectivity index (χ2n) is 3.64. The fourth-order valence-corrected chi connectivity index (χ4v) is 1.13. The first-order valence-electron chi connectivity index (χ1n) is 5.18. The smallest absolute Gasteiger partial charge is 0.315 e. The molecular weight excluding hydrogens is 204 g/mol. The first kappa shape index (κ1) is 12.2. The summed E-state index contributed by atoms with van der Waals surface area (Å²) in [5.74, 6) is -0.0603. The summed E-state index contributed by atoms with van der Waals surface area (Å²) in [7, 11) is 0. The molecule has 1 unspecified atom stereocenters. The largest absolute Gasteiger partial charge is 0.334 e. The summed E-state index contributed by atoms with van der Waals surface area (Å²) < 4.78 is 0. The second kappa shape index (κ2) is 5.90. The normalized spacial score (nSPS) is 11.6. The summed E-state index contributed by atoms with van der Waals surface area (Å²) in [6.45, 7) is 3.56. The third-order valence-electron chi connectivity index (χ3n) is 2.25. The summed E-state index contributed by atoms with van der Waals surface area (Å²) in [4.78, 5) is 22.3. The molecule has 4 heteroatoms. The quantitative estimate of drug-likeness (QED) is 0.807. The number of amides is 2. The molecule has 2 N–H and O–H groups in total. The van der Waals surface area contributed by atoms with Gasteiger partial charge in [0, 0.05) is 6.54 Å². The summed E-state index contributed by atoms with van der Waals surface area (Å²) in [5.41, 5.74) is 1.02. The second-order valence-corrected chi connectivity index (χ2v) is 3.64. The van der Waals surface area contributed by atoms with Gasteiger partial charge >= 0.3 is 6.03 Å². The van der Waals surface area contributed by atoms with E-state index in [2.05, 4.69) is 10.6 Å². The van der Waals surface area contributed by atoms with Crippen LogP contribution in [-0.2, 0) is 11.3 Å². The zero-order chi connectivity index (χ0) is 12.0. The van der Waals surface area contributed by atoms with Crippen molar-refractivity contribution in [2.75, 3.05) is 0 Å². The van der Waals surface area contributed by atoms with E-state index in [1.165, 1.54) is 6.92 Å². The highest BCUT2D eigenvalue weighted by Crippen LogP contribution is 1.96. The predicted molar refractivity (Wildman–Crippen MR) is 62.0 cm³/mol. The Morgan fingerprint density at radius 2 is 1.88 bits per heavy atom. The maximum atomic E-state index is 11.4. The maximum absolute atomic E-state index is 11.4. The molecule has 0 saturated carbocycles. The van der Waals surface area contributed by atoms with Crippen molar-refractivity contribution in [3.8, 4) is 0 Å². The Kier molecular flexibility index (Phi) is 4.51. The molecule has 0 aliphatic rings. The number of carbonyl (C=O) groups is 2. The zero-order valence-corrected chi connectivity index (χ0v) is 9.49. The molecule has 1 rings (SSSR count). The molecule has 0 aromatic heterocycles. The van der Waals surface area contributed by atoms with Crippen molar-refractivity contribution >= 4 is 11.8 Å². The van der Waals surface area contributed by atoms with Crippen LogP contribution >= 0.6 is 0 Å². The van der Waals surface area contributed by atoms with Gasteiger partial charge < -0.3 is 10.6 Å². The van der Waals surface area contributed by atoms with Gasteiger partial charge in [0.25, 0.3) is 0 Å². The van der Waals surface area contributed by atoms with Crippen LogP contribution in [0.1, 0.15) is 19.4 Å². The molecule has 86 valence electrons. The van der Waals surface area contributed by atoms with E-state index in [1.54, 1.807) is 6.92 Å². The lowest BCUT2D eigenvalue weighted by molar-refractivity contribution is -0.118. The molecule has 1 atom stereocenters. The van der Waals surface area contributed by atoms with E-state index >= 15 is 0 Å². The number of rotatable bonds is 4. The van der Waals surface area contributed by atoms with E-state index in [0.29, 0.717) is 6.54 Å². The number of nitrogens with one attached hydrogen (secondary N) is 2. The number of benzene rings is 1. The van der Waals surface area contributed by atoms with Crippen molar-refractivity contribution < 1.29 is 9.59 Å². The molecule has 0 radical (unpaired) electrons. The predicted octanol–water partition coefficient (Wildman–Crippen LogP) is 1.46. The molecule has 4 nitrogen and oxygen atoms in total. The van der Waals surface area contributed by atoms with Crippen LogP contribution in [0.5, 0.6) is 0 Å². The van der Waals surface area contributed by atoms with Gasteiger partial charge in [-0.05, 0) is 19.4 Å². The van der Waals surface area contributed by atoms with Crippen molar-refractivity contribution in [3.63, 3.8) is 0 Å². The minimum atomic E-state index is -0.448. The van der Waals surface area contributed by atoms with Crippen LogP contribution < -0.4 is 10.6 Å². The van der Waals surface area contributed by atoms with Gasteiger partial charge in [-0.25, -0.2) is 4.79 Å². The molecular formula is C12H16N2O2. The highest BCUT2D eigenvalue weighted by molar-refractivity contribution is 5.86. The van der Waals surface area contributed by atoms with E-state index < -0.39 is 6.04 Å². The van der Waals surface area contributed by atoms with Crippen molar-refractivity contribution in [1.29, 1.82) is 0 Å². The Balaban J connectivity index is 2.33. The summed E-state index contributed by atoms with van der Waals surface area (Å²) >= 11 is 0. The molecule has 0 aliphatic carbocycles. The summed E-state index contributed by atoms with van der Waals surface area (Å²) in [6, 6.07) is 8.81. The molecule has 0 aliphatic heterocycles. The SMILES string of the molecule is CC(=O)C(C)NC(=O)NCc1ccccc1. The molecule has 0 spiro atoms. The average molecular weight is 220 g/mol. The molecule has 0 heterocycles. The fraction of sp³-hybridized carbons (Fsp3) is 0.333. The highest BCUT2D eigenvalue weighted by atomic mass is 16.2. The lowest BCUT2D eigenvalue weighted by Gasteiger charge is -2.11. The maximum Gasteiger partial charge on any atom is 0.315 e. The van der Waals surface area contributed by atoms with Gasteiger partial charge in [0.1, 0.15) is 0 Å². The third-order valence-corrected chi connectivity index (χ3v) is 2.25. The number of Topliss-reactive ketones (excluding diaryl/α,β-unsaturated/α-hetero) is 1. The van der Waals surface area contributed by atoms with Crippen molar-refractivity contribution in [1.82, 2.24) is 10.6 Å². The van der Waals surface area contributed by atoms with E-state index in [0.717, 1.165) is 5.56 Å². The van der Waals surface area contributed by atoms with Gasteiger partial charge in [0.05, 0.1) is 6.04 Å².